The summed E-state index contributed by atoms with van der Waals surface area (Å²) < 4.78 is 6.36. The summed E-state index contributed by atoms with van der Waals surface area (Å²) in [5.74, 6) is 0. The van der Waals surface area contributed by atoms with Crippen LogP contribution in [-0.4, -0.2) is 0 Å². The van der Waals surface area contributed by atoms with Gasteiger partial charge in [-0.25, -0.2) is 0 Å². The third kappa shape index (κ3) is 5.71. The maximum atomic E-state index is 6.36. The summed E-state index contributed by atoms with van der Waals surface area (Å²) in [6, 6.07) is 75.9. The molecule has 0 N–H and O–H groups in total. The maximum absolute atomic E-state index is 6.36. The third-order valence-electron chi connectivity index (χ3n) is 10.5. The van der Waals surface area contributed by atoms with Gasteiger partial charge in [-0.05, 0) is 104 Å². The Hall–Kier alpha value is -7.16. The fourth-order valence-corrected chi connectivity index (χ4v) is 7.83. The highest BCUT2D eigenvalue weighted by Gasteiger charge is 2.19. The van der Waals surface area contributed by atoms with Crippen molar-refractivity contribution in [3.05, 3.63) is 212 Å². The lowest BCUT2D eigenvalue weighted by atomic mass is 9.95. The van der Waals surface area contributed by atoms with E-state index in [1.807, 2.05) is 12.1 Å². The van der Waals surface area contributed by atoms with Gasteiger partial charge in [0.15, 0.2) is 0 Å². The van der Waals surface area contributed by atoms with Gasteiger partial charge in [-0.3, -0.25) is 0 Å². The maximum Gasteiger partial charge on any atom is 0.136 e. The van der Waals surface area contributed by atoms with Gasteiger partial charge >= 0.3 is 0 Å². The van der Waals surface area contributed by atoms with Crippen molar-refractivity contribution < 1.29 is 4.42 Å². The summed E-state index contributed by atoms with van der Waals surface area (Å²) in [5.41, 5.74) is 14.4. The Kier molecular flexibility index (Phi) is 7.85. The molecule has 1 heterocycles. The van der Waals surface area contributed by atoms with E-state index in [4.69, 9.17) is 4.42 Å². The molecule has 0 radical (unpaired) electrons. The number of hydrogen-bond donors (Lipinski definition) is 0. The summed E-state index contributed by atoms with van der Waals surface area (Å²) in [6.45, 7) is 0. The first kappa shape index (κ1) is 31.6. The van der Waals surface area contributed by atoms with E-state index >= 15 is 0 Å². The minimum Gasteiger partial charge on any atom is -0.456 e. The Morgan fingerprint density at radius 2 is 0.870 bits per heavy atom. The smallest absolute Gasteiger partial charge is 0.136 e. The van der Waals surface area contributed by atoms with Crippen molar-refractivity contribution in [1.29, 1.82) is 0 Å². The molecule has 10 aromatic rings. The first-order valence-corrected chi connectivity index (χ1v) is 18.4. The number of hydrogen-bond acceptors (Lipinski definition) is 2. The van der Waals surface area contributed by atoms with E-state index in [9.17, 15) is 0 Å². The summed E-state index contributed by atoms with van der Waals surface area (Å²) in [7, 11) is 0. The van der Waals surface area contributed by atoms with Gasteiger partial charge in [-0.15, -0.1) is 0 Å². The van der Waals surface area contributed by atoms with Crippen LogP contribution in [0.1, 0.15) is 0 Å². The van der Waals surface area contributed by atoms with Crippen LogP contribution in [0.3, 0.4) is 0 Å². The van der Waals surface area contributed by atoms with E-state index in [0.29, 0.717) is 0 Å². The number of fused-ring (bicyclic) bond motifs is 4. The Balaban J connectivity index is 1.11. The molecule has 0 atom stereocenters. The van der Waals surface area contributed by atoms with Gasteiger partial charge < -0.3 is 9.32 Å². The topological polar surface area (TPSA) is 16.4 Å². The second kappa shape index (κ2) is 13.4. The molecule has 0 aliphatic carbocycles. The molecular formula is C52H35NO. The predicted octanol–water partition coefficient (Wildman–Crippen LogP) is 14.9. The number of anilines is 3. The molecule has 0 saturated carbocycles. The standard InChI is InChI=1S/C52H35NO/c1-2-13-36(14-3-1)37-27-30-43(31-28-37)53(50-25-8-6-22-47(50)42-29-32-49-48-23-7-9-26-51(48)54-52(49)35-42)44-20-11-18-40(34-44)39-17-10-19-41(33-39)46-24-12-16-38-15-4-5-21-45(38)46/h1-35H. The van der Waals surface area contributed by atoms with Crippen LogP contribution >= 0.6 is 0 Å². The number of rotatable bonds is 7. The largest absolute Gasteiger partial charge is 0.456 e. The van der Waals surface area contributed by atoms with E-state index < -0.39 is 0 Å². The molecule has 10 rings (SSSR count). The number of benzene rings is 9. The number of furan rings is 1. The van der Waals surface area contributed by atoms with E-state index in [-0.39, 0.29) is 0 Å². The summed E-state index contributed by atoms with van der Waals surface area (Å²) in [5, 5.41) is 4.76. The van der Waals surface area contributed by atoms with Crippen molar-refractivity contribution in [1.82, 2.24) is 0 Å². The van der Waals surface area contributed by atoms with Gasteiger partial charge in [0.2, 0.25) is 0 Å². The predicted molar refractivity (Wildman–Crippen MR) is 228 cm³/mol. The van der Waals surface area contributed by atoms with Crippen LogP contribution in [0.5, 0.6) is 0 Å². The minimum atomic E-state index is 0.885. The lowest BCUT2D eigenvalue weighted by molar-refractivity contribution is 0.669. The van der Waals surface area contributed by atoms with Crippen molar-refractivity contribution in [2.45, 2.75) is 0 Å². The molecule has 0 aliphatic heterocycles. The van der Waals surface area contributed by atoms with E-state index in [1.165, 1.54) is 38.6 Å². The van der Waals surface area contributed by atoms with Gasteiger partial charge in [0.1, 0.15) is 11.2 Å². The Bertz CT molecular complexity index is 2930. The van der Waals surface area contributed by atoms with Crippen molar-refractivity contribution in [2.75, 3.05) is 4.90 Å². The minimum absolute atomic E-state index is 0.885. The quantitative estimate of drug-likeness (QED) is 0.166. The van der Waals surface area contributed by atoms with E-state index in [0.717, 1.165) is 55.7 Å². The molecule has 0 saturated heterocycles. The lowest BCUT2D eigenvalue weighted by Crippen LogP contribution is -2.11. The van der Waals surface area contributed by atoms with Crippen molar-refractivity contribution in [3.63, 3.8) is 0 Å². The molecule has 0 bridgehead atoms. The average Bonchev–Trinajstić information content (AvgIpc) is 3.62. The normalized spacial score (nSPS) is 11.3. The fraction of sp³-hybridized carbons (Fsp3) is 0. The Labute approximate surface area is 314 Å². The van der Waals surface area contributed by atoms with Crippen molar-refractivity contribution >= 4 is 49.8 Å². The van der Waals surface area contributed by atoms with Crippen molar-refractivity contribution in [3.8, 4) is 44.5 Å². The molecular weight excluding hydrogens is 655 g/mol. The highest BCUT2D eigenvalue weighted by atomic mass is 16.3. The fourth-order valence-electron chi connectivity index (χ4n) is 7.83. The molecule has 2 heteroatoms. The Morgan fingerprint density at radius 1 is 0.296 bits per heavy atom. The highest BCUT2D eigenvalue weighted by Crippen LogP contribution is 2.43. The second-order valence-corrected chi connectivity index (χ2v) is 13.7. The van der Waals surface area contributed by atoms with Crippen LogP contribution < -0.4 is 4.90 Å². The molecule has 0 amide bonds. The molecule has 0 unspecified atom stereocenters. The van der Waals surface area contributed by atoms with Crippen LogP contribution in [0.4, 0.5) is 17.1 Å². The molecule has 254 valence electrons. The van der Waals surface area contributed by atoms with Crippen molar-refractivity contribution in [2.24, 2.45) is 0 Å². The van der Waals surface area contributed by atoms with Crippen LogP contribution in [0.25, 0.3) is 77.2 Å². The zero-order valence-corrected chi connectivity index (χ0v) is 29.6. The first-order valence-electron chi connectivity index (χ1n) is 18.4. The highest BCUT2D eigenvalue weighted by molar-refractivity contribution is 6.06. The van der Waals surface area contributed by atoms with Gasteiger partial charge in [0, 0.05) is 27.7 Å². The molecule has 0 fully saturated rings. The summed E-state index contributed by atoms with van der Waals surface area (Å²) in [6.07, 6.45) is 0. The van der Waals surface area contributed by atoms with Crippen LogP contribution in [-0.2, 0) is 0 Å². The molecule has 9 aromatic carbocycles. The van der Waals surface area contributed by atoms with Gasteiger partial charge in [-0.2, -0.15) is 0 Å². The SMILES string of the molecule is c1ccc(-c2ccc(N(c3cccc(-c4cccc(-c5cccc6ccccc56)c4)c3)c3ccccc3-c3ccc4c(c3)oc3ccccc34)cc2)cc1. The molecule has 0 aliphatic rings. The van der Waals surface area contributed by atoms with E-state index in [2.05, 4.69) is 205 Å². The third-order valence-corrected chi connectivity index (χ3v) is 10.5. The zero-order chi connectivity index (χ0) is 35.8. The van der Waals surface area contributed by atoms with Crippen LogP contribution in [0.2, 0.25) is 0 Å². The zero-order valence-electron chi connectivity index (χ0n) is 29.6. The summed E-state index contributed by atoms with van der Waals surface area (Å²) in [4.78, 5) is 2.38. The lowest BCUT2D eigenvalue weighted by Gasteiger charge is -2.28. The van der Waals surface area contributed by atoms with Crippen LogP contribution in [0.15, 0.2) is 217 Å². The number of para-hydroxylation sites is 2. The van der Waals surface area contributed by atoms with Crippen LogP contribution in [0, 0.1) is 0 Å². The molecule has 0 spiro atoms. The second-order valence-electron chi connectivity index (χ2n) is 13.7. The van der Waals surface area contributed by atoms with Gasteiger partial charge in [0.05, 0.1) is 5.69 Å². The summed E-state index contributed by atoms with van der Waals surface area (Å²) >= 11 is 0. The Morgan fingerprint density at radius 3 is 1.76 bits per heavy atom. The molecule has 2 nitrogen and oxygen atoms in total. The molecule has 1 aromatic heterocycles. The molecule has 54 heavy (non-hydrogen) atoms. The first-order chi connectivity index (χ1) is 26.8. The average molecular weight is 690 g/mol. The van der Waals surface area contributed by atoms with Gasteiger partial charge in [0.25, 0.3) is 0 Å². The monoisotopic (exact) mass is 689 g/mol. The number of nitrogens with zero attached hydrogens (tertiary/aromatic N) is 1. The van der Waals surface area contributed by atoms with E-state index in [1.54, 1.807) is 0 Å². The van der Waals surface area contributed by atoms with Gasteiger partial charge in [-0.1, -0.05) is 158 Å².